The van der Waals surface area contributed by atoms with Crippen LogP contribution in [0.2, 0.25) is 0 Å². The molecule has 0 aliphatic heterocycles. The maximum Gasteiger partial charge on any atom is 0.306 e. The van der Waals surface area contributed by atoms with Gasteiger partial charge >= 0.3 is 17.9 Å². The Balaban J connectivity index is 4.51. The summed E-state index contributed by atoms with van der Waals surface area (Å²) in [4.78, 5) is 38.2. The third-order valence-corrected chi connectivity index (χ3v) is 12.7. The lowest BCUT2D eigenvalue weighted by molar-refractivity contribution is -0.167. The van der Waals surface area contributed by atoms with E-state index in [1.165, 1.54) is 148 Å². The van der Waals surface area contributed by atoms with Gasteiger partial charge in [-0.05, 0) is 89.9 Å². The van der Waals surface area contributed by atoms with Crippen molar-refractivity contribution >= 4 is 17.9 Å². The Hall–Kier alpha value is -3.93. The van der Waals surface area contributed by atoms with Crippen molar-refractivity contribution in [3.8, 4) is 0 Å². The Morgan fingerprint density at radius 2 is 0.556 bits per heavy atom. The highest BCUT2D eigenvalue weighted by molar-refractivity contribution is 5.71. The van der Waals surface area contributed by atoms with E-state index in [9.17, 15) is 14.4 Å². The summed E-state index contributed by atoms with van der Waals surface area (Å²) in [6, 6.07) is 0. The first kappa shape index (κ1) is 68.1. The molecule has 0 radical (unpaired) electrons. The van der Waals surface area contributed by atoms with E-state index in [2.05, 4.69) is 57.2 Å². The lowest BCUT2D eigenvalue weighted by atomic mass is 10.1. The van der Waals surface area contributed by atoms with Crippen molar-refractivity contribution in [2.24, 2.45) is 0 Å². The number of hydrogen-bond acceptors (Lipinski definition) is 6. The highest BCUT2D eigenvalue weighted by Crippen LogP contribution is 2.15. The molecule has 410 valence electrons. The highest BCUT2D eigenvalue weighted by Gasteiger charge is 2.19. The normalized spacial score (nSPS) is 12.9. The molecule has 0 saturated heterocycles. The van der Waals surface area contributed by atoms with Crippen LogP contribution in [0.15, 0.2) is 109 Å². The number of carbonyl (C=O) groups is 3. The number of esters is 3. The van der Waals surface area contributed by atoms with Gasteiger partial charge in [0.25, 0.3) is 0 Å². The first-order valence-electron chi connectivity index (χ1n) is 30.0. The van der Waals surface area contributed by atoms with Crippen LogP contribution < -0.4 is 0 Å². The largest absolute Gasteiger partial charge is 0.462 e. The minimum Gasteiger partial charge on any atom is -0.462 e. The number of ether oxygens (including phenoxy) is 3. The predicted molar refractivity (Wildman–Crippen MR) is 311 cm³/mol. The van der Waals surface area contributed by atoms with Crippen LogP contribution >= 0.6 is 0 Å². The zero-order valence-electron chi connectivity index (χ0n) is 46.9. The topological polar surface area (TPSA) is 78.9 Å². The van der Waals surface area contributed by atoms with Crippen molar-refractivity contribution in [3.05, 3.63) is 109 Å². The van der Waals surface area contributed by atoms with Gasteiger partial charge in [0.15, 0.2) is 6.10 Å². The van der Waals surface area contributed by atoms with E-state index in [1.807, 2.05) is 72.9 Å². The van der Waals surface area contributed by atoms with Crippen LogP contribution in [0.1, 0.15) is 271 Å². The number of hydrogen-bond donors (Lipinski definition) is 0. The molecule has 72 heavy (non-hydrogen) atoms. The molecule has 0 amide bonds. The first-order valence-corrected chi connectivity index (χ1v) is 30.0. The van der Waals surface area contributed by atoms with Crippen molar-refractivity contribution < 1.29 is 28.6 Å². The maximum atomic E-state index is 12.9. The summed E-state index contributed by atoms with van der Waals surface area (Å²) in [5, 5.41) is 0. The maximum absolute atomic E-state index is 12.9. The summed E-state index contributed by atoms with van der Waals surface area (Å²) in [7, 11) is 0. The molecule has 6 nitrogen and oxygen atoms in total. The van der Waals surface area contributed by atoms with E-state index in [4.69, 9.17) is 14.2 Å². The summed E-state index contributed by atoms with van der Waals surface area (Å²) >= 11 is 0. The third kappa shape index (κ3) is 57.0. The van der Waals surface area contributed by atoms with Gasteiger partial charge < -0.3 is 14.2 Å². The summed E-state index contributed by atoms with van der Waals surface area (Å²) in [6.45, 7) is 6.46. The molecule has 0 heterocycles. The van der Waals surface area contributed by atoms with E-state index in [0.717, 1.165) is 83.5 Å². The van der Waals surface area contributed by atoms with Gasteiger partial charge in [-0.15, -0.1) is 0 Å². The fourth-order valence-corrected chi connectivity index (χ4v) is 8.18. The van der Waals surface area contributed by atoms with Crippen LogP contribution in [0.25, 0.3) is 0 Å². The fourth-order valence-electron chi connectivity index (χ4n) is 8.18. The van der Waals surface area contributed by atoms with Crippen molar-refractivity contribution in [1.29, 1.82) is 0 Å². The molecule has 0 aromatic heterocycles. The predicted octanol–water partition coefficient (Wildman–Crippen LogP) is 20.3. The van der Waals surface area contributed by atoms with Crippen LogP contribution in [0.3, 0.4) is 0 Å². The van der Waals surface area contributed by atoms with E-state index in [1.54, 1.807) is 0 Å². The second-order valence-electron chi connectivity index (χ2n) is 19.7. The second-order valence-corrected chi connectivity index (χ2v) is 19.7. The molecule has 0 fully saturated rings. The molecule has 6 heteroatoms. The number of carbonyl (C=O) groups excluding carboxylic acids is 3. The highest BCUT2D eigenvalue weighted by atomic mass is 16.6. The van der Waals surface area contributed by atoms with Crippen LogP contribution in [-0.4, -0.2) is 37.2 Å². The molecule has 0 bridgehead atoms. The van der Waals surface area contributed by atoms with Crippen molar-refractivity contribution in [2.45, 2.75) is 277 Å². The second kappa shape index (κ2) is 59.6. The van der Waals surface area contributed by atoms with Crippen molar-refractivity contribution in [2.75, 3.05) is 13.2 Å². The monoisotopic (exact) mass is 999 g/mol. The lowest BCUT2D eigenvalue weighted by Gasteiger charge is -2.18. The zero-order valence-corrected chi connectivity index (χ0v) is 46.9. The third-order valence-electron chi connectivity index (χ3n) is 12.7. The average molecular weight is 1000 g/mol. The van der Waals surface area contributed by atoms with Gasteiger partial charge in [0.05, 0.1) is 0 Å². The summed E-state index contributed by atoms with van der Waals surface area (Å²) < 4.78 is 16.9. The van der Waals surface area contributed by atoms with E-state index < -0.39 is 6.10 Å². The minimum absolute atomic E-state index is 0.0999. The van der Waals surface area contributed by atoms with Gasteiger partial charge in [-0.1, -0.05) is 271 Å². The molecule has 0 aromatic carbocycles. The quantitative estimate of drug-likeness (QED) is 0.0199. The van der Waals surface area contributed by atoms with E-state index in [0.29, 0.717) is 19.3 Å². The van der Waals surface area contributed by atoms with Gasteiger partial charge in [-0.25, -0.2) is 0 Å². The van der Waals surface area contributed by atoms with Crippen molar-refractivity contribution in [3.63, 3.8) is 0 Å². The molecule has 0 N–H and O–H groups in total. The molecule has 1 atom stereocenters. The standard InChI is InChI=1S/C66H110O6/c1-4-7-10-13-16-19-22-25-28-31-33-35-38-41-44-47-50-53-56-59-65(68)71-62-63(61-70-64(67)58-55-52-49-46-43-40-37-30-27-24-21-18-15-12-9-6-3)72-66(69)60-57-54-51-48-45-42-39-36-34-32-29-26-23-20-17-14-11-8-5-2/h7,10,13,16,19,22,25,28,30-35,37-38,41,44,63H,4-6,8-9,11-12,14-15,17-18,20-21,23-24,26-27,29,36,39-40,42-43,45-62H2,1-3H3/b10-7-,16-13-,22-19-,28-25-,33-31+,34-32-,37-30-,38-35-,44-41-. The Labute approximate surface area is 444 Å². The molecular weight excluding hydrogens is 889 g/mol. The number of allylic oxidation sites excluding steroid dienone is 18. The summed E-state index contributed by atoms with van der Waals surface area (Å²) in [6.07, 6.45) is 80.7. The zero-order chi connectivity index (χ0) is 52.2. The Bertz CT molecular complexity index is 1470. The molecule has 0 spiro atoms. The molecule has 0 rings (SSSR count). The molecular formula is C66H110O6. The minimum atomic E-state index is -0.806. The number of unbranched alkanes of at least 4 members (excludes halogenated alkanes) is 30. The van der Waals surface area contributed by atoms with Gasteiger partial charge in [-0.2, -0.15) is 0 Å². The van der Waals surface area contributed by atoms with Crippen molar-refractivity contribution in [1.82, 2.24) is 0 Å². The Morgan fingerprint density at radius 3 is 0.903 bits per heavy atom. The average Bonchev–Trinajstić information content (AvgIpc) is 3.38. The van der Waals surface area contributed by atoms with Crippen LogP contribution in [0, 0.1) is 0 Å². The fraction of sp³-hybridized carbons (Fsp3) is 0.682. The lowest BCUT2D eigenvalue weighted by Crippen LogP contribution is -2.30. The SMILES string of the molecule is CC\C=C/C=C\C=C/C=C\C=C\C=C/C=C\CCCCCC(=O)OCC(COC(=O)CCCCCCC/C=C\CCCCCCCCC)OC(=O)CCCCCCCCC/C=C\CCCCCCCCCC. The molecule has 0 aliphatic rings. The number of rotatable bonds is 53. The van der Waals surface area contributed by atoms with Crippen LogP contribution in [0.5, 0.6) is 0 Å². The molecule has 0 aromatic rings. The van der Waals surface area contributed by atoms with Gasteiger partial charge in [0.2, 0.25) is 0 Å². The first-order chi connectivity index (χ1) is 35.5. The molecule has 0 saturated carbocycles. The van der Waals surface area contributed by atoms with E-state index >= 15 is 0 Å². The van der Waals surface area contributed by atoms with Crippen LogP contribution in [-0.2, 0) is 28.6 Å². The summed E-state index contributed by atoms with van der Waals surface area (Å²) in [5.74, 6) is -0.954. The summed E-state index contributed by atoms with van der Waals surface area (Å²) in [5.41, 5.74) is 0. The smallest absolute Gasteiger partial charge is 0.306 e. The van der Waals surface area contributed by atoms with E-state index in [-0.39, 0.29) is 31.1 Å². The van der Waals surface area contributed by atoms with Gasteiger partial charge in [0.1, 0.15) is 13.2 Å². The van der Waals surface area contributed by atoms with Gasteiger partial charge in [-0.3, -0.25) is 14.4 Å². The Morgan fingerprint density at radius 1 is 0.292 bits per heavy atom. The van der Waals surface area contributed by atoms with Crippen LogP contribution in [0.4, 0.5) is 0 Å². The van der Waals surface area contributed by atoms with Gasteiger partial charge in [0, 0.05) is 19.3 Å². The molecule has 1 unspecified atom stereocenters. The molecule has 0 aliphatic carbocycles. The Kier molecular flexibility index (Phi) is 56.4.